The van der Waals surface area contributed by atoms with Gasteiger partial charge in [-0.3, -0.25) is 9.69 Å². The van der Waals surface area contributed by atoms with Crippen LogP contribution in [0, 0.1) is 11.6 Å². The average Bonchev–Trinajstić information content (AvgIpc) is 2.86. The van der Waals surface area contributed by atoms with E-state index < -0.39 is 0 Å². The lowest BCUT2D eigenvalue weighted by Crippen LogP contribution is -2.52. The second-order valence-electron chi connectivity index (χ2n) is 8.50. The summed E-state index contributed by atoms with van der Waals surface area (Å²) >= 11 is 0. The van der Waals surface area contributed by atoms with Gasteiger partial charge in [0.25, 0.3) is 0 Å². The summed E-state index contributed by atoms with van der Waals surface area (Å²) in [6.45, 7) is 3.06. The molecule has 0 unspecified atom stereocenters. The monoisotopic (exact) mass is 473 g/mol. The molecule has 1 aliphatic rings. The zero-order valence-corrected chi connectivity index (χ0v) is 19.6. The molecule has 184 valence electrons. The molecule has 2 aromatic rings. The number of benzene rings is 2. The molecule has 1 fully saturated rings. The van der Waals surface area contributed by atoms with Crippen molar-refractivity contribution in [3.63, 3.8) is 0 Å². The molecule has 0 spiro atoms. The number of hydrogen-bond acceptors (Lipinski definition) is 4. The van der Waals surface area contributed by atoms with Gasteiger partial charge < -0.3 is 15.0 Å². The van der Waals surface area contributed by atoms with Crippen LogP contribution in [0.1, 0.15) is 49.3 Å². The Balaban J connectivity index is 1.48. The topological polar surface area (TPSA) is 61.9 Å². The highest BCUT2D eigenvalue weighted by Crippen LogP contribution is 2.30. The fraction of sp³-hybridized carbons (Fsp3) is 0.462. The summed E-state index contributed by atoms with van der Waals surface area (Å²) in [7, 11) is 1.39. The third-order valence-corrected chi connectivity index (χ3v) is 6.15. The number of carbonyl (C=O) groups excluding carboxylic acids is 2. The number of amides is 2. The van der Waals surface area contributed by atoms with Crippen LogP contribution in [-0.2, 0) is 9.53 Å². The van der Waals surface area contributed by atoms with Gasteiger partial charge in [0.05, 0.1) is 13.2 Å². The molecule has 0 radical (unpaired) electrons. The summed E-state index contributed by atoms with van der Waals surface area (Å²) < 4.78 is 31.6. The number of methoxy groups -OCH3 is 1. The van der Waals surface area contributed by atoms with Crippen molar-refractivity contribution >= 4 is 12.0 Å². The molecule has 1 aliphatic heterocycles. The number of piperazine rings is 1. The van der Waals surface area contributed by atoms with Crippen LogP contribution in [0.4, 0.5) is 13.6 Å². The molecule has 0 atom stereocenters. The second-order valence-corrected chi connectivity index (χ2v) is 8.50. The molecule has 0 saturated carbocycles. The van der Waals surface area contributed by atoms with E-state index in [1.807, 2.05) is 0 Å². The molecule has 2 aromatic carbocycles. The highest BCUT2D eigenvalue weighted by atomic mass is 19.1. The van der Waals surface area contributed by atoms with Crippen LogP contribution in [-0.4, -0.2) is 61.6 Å². The lowest BCUT2D eigenvalue weighted by Gasteiger charge is -2.39. The molecule has 0 aromatic heterocycles. The van der Waals surface area contributed by atoms with Crippen molar-refractivity contribution < 1.29 is 23.1 Å². The number of ether oxygens (including phenoxy) is 1. The Kier molecular flexibility index (Phi) is 9.82. The molecular weight excluding hydrogens is 440 g/mol. The maximum Gasteiger partial charge on any atom is 0.317 e. The third kappa shape index (κ3) is 7.52. The highest BCUT2D eigenvalue weighted by Gasteiger charge is 2.28. The van der Waals surface area contributed by atoms with E-state index in [4.69, 9.17) is 0 Å². The Morgan fingerprint density at radius 3 is 1.91 bits per heavy atom. The number of unbranched alkanes of at least 4 members (excludes halogenated alkanes) is 3. The Labute approximate surface area is 199 Å². The van der Waals surface area contributed by atoms with Gasteiger partial charge in [-0.2, -0.15) is 0 Å². The molecule has 3 rings (SSSR count). The Bertz CT molecular complexity index is 868. The maximum absolute atomic E-state index is 13.5. The van der Waals surface area contributed by atoms with E-state index in [0.29, 0.717) is 39.1 Å². The predicted octanol–water partition coefficient (Wildman–Crippen LogP) is 4.50. The number of hydrogen-bond donors (Lipinski definition) is 1. The van der Waals surface area contributed by atoms with Crippen molar-refractivity contribution in [2.75, 3.05) is 39.8 Å². The number of halogens is 2. The first-order valence-electron chi connectivity index (χ1n) is 11.8. The summed E-state index contributed by atoms with van der Waals surface area (Å²) in [5.41, 5.74) is 1.86. The largest absolute Gasteiger partial charge is 0.469 e. The molecule has 2 amide bonds. The van der Waals surface area contributed by atoms with Crippen molar-refractivity contribution in [2.45, 2.75) is 38.1 Å². The first-order chi connectivity index (χ1) is 16.5. The minimum atomic E-state index is -0.299. The van der Waals surface area contributed by atoms with Crippen LogP contribution in [0.3, 0.4) is 0 Å². The molecular formula is C26H33F2N3O3. The number of urea groups is 1. The fourth-order valence-electron chi connectivity index (χ4n) is 4.24. The van der Waals surface area contributed by atoms with Gasteiger partial charge >= 0.3 is 12.0 Å². The minimum Gasteiger partial charge on any atom is -0.469 e. The molecule has 1 heterocycles. The molecule has 0 aliphatic carbocycles. The zero-order valence-electron chi connectivity index (χ0n) is 19.6. The van der Waals surface area contributed by atoms with Gasteiger partial charge in [0, 0.05) is 39.1 Å². The van der Waals surface area contributed by atoms with Crippen LogP contribution >= 0.6 is 0 Å². The van der Waals surface area contributed by atoms with Gasteiger partial charge in [-0.05, 0) is 48.2 Å². The van der Waals surface area contributed by atoms with Gasteiger partial charge in [0.1, 0.15) is 11.6 Å². The molecule has 8 heteroatoms. The van der Waals surface area contributed by atoms with E-state index in [-0.39, 0.29) is 29.7 Å². The number of nitrogens with one attached hydrogen (secondary N) is 1. The lowest BCUT2D eigenvalue weighted by atomic mass is 9.96. The van der Waals surface area contributed by atoms with Crippen LogP contribution in [0.25, 0.3) is 0 Å². The molecule has 1 N–H and O–H groups in total. The average molecular weight is 474 g/mol. The van der Waals surface area contributed by atoms with Crippen LogP contribution in [0.15, 0.2) is 48.5 Å². The minimum absolute atomic E-state index is 0.0747. The Morgan fingerprint density at radius 1 is 0.853 bits per heavy atom. The van der Waals surface area contributed by atoms with Crippen molar-refractivity contribution in [1.29, 1.82) is 0 Å². The molecule has 0 bridgehead atoms. The number of nitrogens with zero attached hydrogens (tertiary/aromatic N) is 2. The summed E-state index contributed by atoms with van der Waals surface area (Å²) in [5.74, 6) is -0.785. The quantitative estimate of drug-likeness (QED) is 0.408. The van der Waals surface area contributed by atoms with Crippen LogP contribution in [0.2, 0.25) is 0 Å². The van der Waals surface area contributed by atoms with E-state index in [1.54, 1.807) is 29.2 Å². The number of esters is 1. The Hall–Kier alpha value is -3.00. The van der Waals surface area contributed by atoms with Gasteiger partial charge in [-0.25, -0.2) is 13.6 Å². The summed E-state index contributed by atoms with van der Waals surface area (Å²) in [6, 6.07) is 12.6. The third-order valence-electron chi connectivity index (χ3n) is 6.15. The summed E-state index contributed by atoms with van der Waals surface area (Å²) in [6.07, 6.45) is 3.97. The standard InChI is InChI=1S/C26H33F2N3O3/c1-34-24(32)6-4-2-3-5-15-29-26(33)31-18-16-30(17-19-31)25(20-7-11-22(27)12-8-20)21-9-13-23(28)14-10-21/h7-14,25H,2-6,15-19H2,1H3,(H,29,33). The Morgan fingerprint density at radius 2 is 1.38 bits per heavy atom. The van der Waals surface area contributed by atoms with Crippen LogP contribution < -0.4 is 5.32 Å². The second kappa shape index (κ2) is 13.0. The summed E-state index contributed by atoms with van der Waals surface area (Å²) in [5, 5.41) is 2.98. The van der Waals surface area contributed by atoms with Crippen molar-refractivity contribution in [2.24, 2.45) is 0 Å². The smallest absolute Gasteiger partial charge is 0.317 e. The van der Waals surface area contributed by atoms with Crippen molar-refractivity contribution in [1.82, 2.24) is 15.1 Å². The van der Waals surface area contributed by atoms with Crippen molar-refractivity contribution in [3.05, 3.63) is 71.3 Å². The SMILES string of the molecule is COC(=O)CCCCCCNC(=O)N1CCN(C(c2ccc(F)cc2)c2ccc(F)cc2)CC1. The van der Waals surface area contributed by atoms with E-state index in [2.05, 4.69) is 15.0 Å². The molecule has 34 heavy (non-hydrogen) atoms. The first-order valence-corrected chi connectivity index (χ1v) is 11.8. The van der Waals surface area contributed by atoms with Gasteiger partial charge in [-0.15, -0.1) is 0 Å². The number of rotatable bonds is 10. The van der Waals surface area contributed by atoms with Gasteiger partial charge in [0.15, 0.2) is 0 Å². The lowest BCUT2D eigenvalue weighted by molar-refractivity contribution is -0.140. The zero-order chi connectivity index (χ0) is 24.3. The van der Waals surface area contributed by atoms with E-state index in [9.17, 15) is 18.4 Å². The fourth-order valence-corrected chi connectivity index (χ4v) is 4.24. The number of carbonyl (C=O) groups is 2. The first kappa shape index (κ1) is 25.6. The molecule has 1 saturated heterocycles. The van der Waals surface area contributed by atoms with E-state index in [1.165, 1.54) is 31.4 Å². The van der Waals surface area contributed by atoms with E-state index in [0.717, 1.165) is 36.8 Å². The van der Waals surface area contributed by atoms with E-state index >= 15 is 0 Å². The van der Waals surface area contributed by atoms with Gasteiger partial charge in [-0.1, -0.05) is 37.1 Å². The van der Waals surface area contributed by atoms with Crippen molar-refractivity contribution in [3.8, 4) is 0 Å². The maximum atomic E-state index is 13.5. The highest BCUT2D eigenvalue weighted by molar-refractivity contribution is 5.74. The molecule has 6 nitrogen and oxygen atoms in total. The summed E-state index contributed by atoms with van der Waals surface area (Å²) in [4.78, 5) is 27.7. The van der Waals surface area contributed by atoms with Gasteiger partial charge in [0.2, 0.25) is 0 Å². The predicted molar refractivity (Wildman–Crippen MR) is 126 cm³/mol. The van der Waals surface area contributed by atoms with Crippen LogP contribution in [0.5, 0.6) is 0 Å². The normalized spacial score (nSPS) is 14.3.